The molecule has 1 amide bonds. The lowest BCUT2D eigenvalue weighted by Crippen LogP contribution is -2.74. The largest absolute Gasteiger partial charge is 0.381 e. The predicted octanol–water partition coefficient (Wildman–Crippen LogP) is 6.64. The van der Waals surface area contributed by atoms with Crippen LogP contribution in [0, 0.1) is 55.7 Å². The number of fused-ring (bicyclic) bond motifs is 7. The molecule has 3 fully saturated rings. The van der Waals surface area contributed by atoms with Gasteiger partial charge >= 0.3 is 0 Å². The van der Waals surface area contributed by atoms with Crippen LogP contribution in [-0.4, -0.2) is 28.2 Å². The highest BCUT2D eigenvalue weighted by Crippen LogP contribution is 2.75. The molecule has 0 spiro atoms. The molecule has 0 saturated heterocycles. The van der Waals surface area contributed by atoms with Crippen molar-refractivity contribution in [2.75, 3.05) is 0 Å². The van der Waals surface area contributed by atoms with Crippen LogP contribution in [0.2, 0.25) is 0 Å². The first-order chi connectivity index (χ1) is 20.4. The lowest BCUT2D eigenvalue weighted by atomic mass is 9.33. The zero-order chi connectivity index (χ0) is 32.1. The van der Waals surface area contributed by atoms with E-state index in [2.05, 4.69) is 39.1 Å². The van der Waals surface area contributed by atoms with Gasteiger partial charge in [-0.15, -0.1) is 0 Å². The lowest BCUT2D eigenvalue weighted by Gasteiger charge is -2.71. The summed E-state index contributed by atoms with van der Waals surface area (Å²) < 4.78 is 0. The summed E-state index contributed by atoms with van der Waals surface area (Å²) in [4.78, 5) is 41.7. The van der Waals surface area contributed by atoms with Crippen LogP contribution in [0.25, 0.3) is 0 Å². The highest BCUT2D eigenvalue weighted by molar-refractivity contribution is 6.05. The first-order valence-corrected chi connectivity index (χ1v) is 16.4. The van der Waals surface area contributed by atoms with Crippen LogP contribution in [0.4, 0.5) is 0 Å². The Morgan fingerprint density at radius 1 is 0.955 bits per heavy atom. The van der Waals surface area contributed by atoms with E-state index in [-0.39, 0.29) is 40.3 Å². The van der Waals surface area contributed by atoms with Crippen molar-refractivity contribution in [2.45, 2.75) is 106 Å². The summed E-state index contributed by atoms with van der Waals surface area (Å²) in [5.41, 5.74) is -3.15. The third-order valence-corrected chi connectivity index (χ3v) is 14.1. The molecule has 3 saturated carbocycles. The highest BCUT2D eigenvalue weighted by Gasteiger charge is 2.75. The second-order valence-electron chi connectivity index (χ2n) is 16.6. The van der Waals surface area contributed by atoms with E-state index in [1.165, 1.54) is 0 Å². The number of Topliss-reactive ketones (excluding diaryl/α,β-unsaturated/α-hetero) is 1. The highest BCUT2D eigenvalue weighted by atomic mass is 16.3. The van der Waals surface area contributed by atoms with E-state index in [1.54, 1.807) is 6.08 Å². The summed E-state index contributed by atoms with van der Waals surface area (Å²) in [7, 11) is 0. The molecule has 2 N–H and O–H groups in total. The van der Waals surface area contributed by atoms with Crippen molar-refractivity contribution >= 4 is 17.5 Å². The van der Waals surface area contributed by atoms with Crippen LogP contribution in [0.3, 0.4) is 0 Å². The van der Waals surface area contributed by atoms with Crippen molar-refractivity contribution < 1.29 is 19.5 Å². The second kappa shape index (κ2) is 9.49. The van der Waals surface area contributed by atoms with Gasteiger partial charge in [0.2, 0.25) is 5.91 Å². The number of amides is 1. The van der Waals surface area contributed by atoms with Crippen LogP contribution in [0.1, 0.15) is 99.0 Å². The Labute approximate surface area is 262 Å². The third kappa shape index (κ3) is 3.77. The van der Waals surface area contributed by atoms with Gasteiger partial charge in [-0.05, 0) is 78.9 Å². The maximum absolute atomic E-state index is 14.7. The fourth-order valence-electron chi connectivity index (χ4n) is 11.0. The predicted molar refractivity (Wildman–Crippen MR) is 169 cm³/mol. The standard InChI is InChI=1S/C38H48N2O4/c1-32(2)26-13-14-36(6)27(35(26,5)20-25(22-39)30(32)42)19-29(41)38(44)28-21-34(4,16-15-33(28,3)17-18-37(36,38)7)31(43)40-23-24-11-9-8-10-12-24/h8-12,19-20,26,28,44H,13-18,21,23H2,1-7H3,(H,40,43)/t26-,28+,33+,34-,35-,36+,37-,38+/m0/s1. The Hall–Kier alpha value is -3.04. The smallest absolute Gasteiger partial charge is 0.226 e. The first kappa shape index (κ1) is 31.0. The van der Waals surface area contributed by atoms with E-state index in [1.807, 2.05) is 57.2 Å². The molecule has 44 heavy (non-hydrogen) atoms. The second-order valence-corrected chi connectivity index (χ2v) is 16.6. The minimum Gasteiger partial charge on any atom is -0.381 e. The number of nitriles is 1. The molecule has 0 aromatic heterocycles. The summed E-state index contributed by atoms with van der Waals surface area (Å²) in [6, 6.07) is 12.0. The van der Waals surface area contributed by atoms with Gasteiger partial charge in [0.05, 0.1) is 5.57 Å². The van der Waals surface area contributed by atoms with Crippen LogP contribution >= 0.6 is 0 Å². The Balaban J connectivity index is 1.42. The number of allylic oxidation sites excluding steroid dienone is 3. The number of nitrogens with one attached hydrogen (secondary N) is 1. The monoisotopic (exact) mass is 596 g/mol. The zero-order valence-corrected chi connectivity index (χ0v) is 27.5. The molecule has 1 aromatic carbocycles. The van der Waals surface area contributed by atoms with Gasteiger partial charge in [-0.1, -0.05) is 84.9 Å². The van der Waals surface area contributed by atoms with Gasteiger partial charge in [0.25, 0.3) is 0 Å². The Bertz CT molecular complexity index is 1550. The molecule has 6 nitrogen and oxygen atoms in total. The van der Waals surface area contributed by atoms with Crippen molar-refractivity contribution in [3.63, 3.8) is 0 Å². The SMILES string of the molecule is CC1(C)C(=O)C(C#N)=C[C@]2(C)C3=CC(=O)[C@]4(O)[C@@H]5C[C@@](C)(C(=O)NCc6ccccc6)CC[C@]5(C)CC[C@@]4(C)[C@]3(C)CC[C@@H]12. The molecule has 0 aliphatic heterocycles. The number of hydrogen-bond donors (Lipinski definition) is 2. The number of rotatable bonds is 3. The molecule has 6 rings (SSSR count). The number of ketones is 2. The van der Waals surface area contributed by atoms with Crippen molar-refractivity contribution in [1.82, 2.24) is 5.32 Å². The average molecular weight is 597 g/mol. The Morgan fingerprint density at radius 2 is 1.61 bits per heavy atom. The number of carbonyl (C=O) groups is 3. The Kier molecular flexibility index (Phi) is 6.68. The molecular weight excluding hydrogens is 548 g/mol. The topological polar surface area (TPSA) is 107 Å². The molecule has 5 aliphatic rings. The molecule has 6 heteroatoms. The molecule has 234 valence electrons. The van der Waals surface area contributed by atoms with Gasteiger partial charge < -0.3 is 10.4 Å². The summed E-state index contributed by atoms with van der Waals surface area (Å²) in [5.74, 6) is -0.863. The van der Waals surface area contributed by atoms with E-state index in [0.29, 0.717) is 25.8 Å². The zero-order valence-electron chi connectivity index (χ0n) is 27.5. The van der Waals surface area contributed by atoms with Gasteiger partial charge in [-0.25, -0.2) is 0 Å². The molecule has 1 aromatic rings. The number of aliphatic hydroxyl groups is 1. The van der Waals surface area contributed by atoms with Crippen LogP contribution < -0.4 is 5.32 Å². The third-order valence-electron chi connectivity index (χ3n) is 14.1. The van der Waals surface area contributed by atoms with Gasteiger partial charge in [0, 0.05) is 34.1 Å². The number of nitrogens with zero attached hydrogens (tertiary/aromatic N) is 1. The molecule has 5 aliphatic carbocycles. The molecule has 8 atom stereocenters. The minimum atomic E-state index is -1.63. The minimum absolute atomic E-state index is 0.0266. The lowest BCUT2D eigenvalue weighted by molar-refractivity contribution is -0.242. The van der Waals surface area contributed by atoms with Gasteiger partial charge in [0.1, 0.15) is 11.7 Å². The molecular formula is C38H48N2O4. The number of carbonyl (C=O) groups excluding carboxylic acids is 3. The summed E-state index contributed by atoms with van der Waals surface area (Å²) in [6.07, 6.45) is 8.55. The molecule has 0 unspecified atom stereocenters. The summed E-state index contributed by atoms with van der Waals surface area (Å²) in [5, 5.41) is 26.2. The fraction of sp³-hybridized carbons (Fsp3) is 0.632. The quantitative estimate of drug-likeness (QED) is 0.407. The van der Waals surface area contributed by atoms with Crippen LogP contribution in [0.5, 0.6) is 0 Å². The maximum Gasteiger partial charge on any atom is 0.226 e. The van der Waals surface area contributed by atoms with E-state index in [9.17, 15) is 24.8 Å². The van der Waals surface area contributed by atoms with Crippen molar-refractivity contribution in [3.8, 4) is 6.07 Å². The summed E-state index contributed by atoms with van der Waals surface area (Å²) in [6.45, 7) is 14.9. The van der Waals surface area contributed by atoms with E-state index in [4.69, 9.17) is 0 Å². The molecule has 0 bridgehead atoms. The molecule has 0 heterocycles. The fourth-order valence-corrected chi connectivity index (χ4v) is 11.0. The average Bonchev–Trinajstić information content (AvgIpc) is 2.98. The number of hydrogen-bond acceptors (Lipinski definition) is 5. The first-order valence-electron chi connectivity index (χ1n) is 16.4. The maximum atomic E-state index is 14.7. The van der Waals surface area contributed by atoms with E-state index >= 15 is 0 Å². The van der Waals surface area contributed by atoms with Crippen LogP contribution in [-0.2, 0) is 20.9 Å². The van der Waals surface area contributed by atoms with Gasteiger partial charge in [0.15, 0.2) is 11.6 Å². The molecule has 0 radical (unpaired) electrons. The summed E-state index contributed by atoms with van der Waals surface area (Å²) >= 11 is 0. The van der Waals surface area contributed by atoms with Crippen molar-refractivity contribution in [2.24, 2.45) is 44.3 Å². The Morgan fingerprint density at radius 3 is 2.27 bits per heavy atom. The van der Waals surface area contributed by atoms with E-state index in [0.717, 1.165) is 36.8 Å². The van der Waals surface area contributed by atoms with E-state index < -0.39 is 32.7 Å². The van der Waals surface area contributed by atoms with Gasteiger partial charge in [-0.3, -0.25) is 14.4 Å². The number of benzene rings is 1. The van der Waals surface area contributed by atoms with Crippen LogP contribution in [0.15, 0.2) is 53.6 Å². The van der Waals surface area contributed by atoms with Crippen molar-refractivity contribution in [3.05, 3.63) is 59.2 Å². The van der Waals surface area contributed by atoms with Gasteiger partial charge in [-0.2, -0.15) is 5.26 Å². The normalized spacial score (nSPS) is 44.1. The van der Waals surface area contributed by atoms with Crippen molar-refractivity contribution in [1.29, 1.82) is 5.26 Å².